The highest BCUT2D eigenvalue weighted by atomic mass is 16.7. The van der Waals surface area contributed by atoms with Crippen molar-refractivity contribution in [2.45, 2.75) is 78.4 Å². The van der Waals surface area contributed by atoms with Crippen LogP contribution < -0.4 is 5.46 Å². The summed E-state index contributed by atoms with van der Waals surface area (Å²) in [4.78, 5) is 9.17. The van der Waals surface area contributed by atoms with Crippen LogP contribution in [0.1, 0.15) is 61.1 Å². The molecule has 0 aliphatic carbocycles. The van der Waals surface area contributed by atoms with E-state index < -0.39 is 0 Å². The van der Waals surface area contributed by atoms with Gasteiger partial charge in [-0.1, -0.05) is 78.9 Å². The molecule has 4 nitrogen and oxygen atoms in total. The molecule has 45 heavy (non-hydrogen) atoms. The van der Waals surface area contributed by atoms with Crippen molar-refractivity contribution in [2.75, 3.05) is 0 Å². The van der Waals surface area contributed by atoms with Gasteiger partial charge in [0.1, 0.15) is 0 Å². The summed E-state index contributed by atoms with van der Waals surface area (Å²) >= 11 is 0. The van der Waals surface area contributed by atoms with E-state index in [1.807, 2.05) is 12.4 Å². The standard InChI is InChI=1S/C40H43BN2O2/c1-28-7-21-37(42-26-28)34-17-13-30(14-18-34)9-11-32-23-33(25-36(24-32)41-44-39(3,4)40(5,6)45-41)12-10-31-15-19-35(20-16-31)38-22-8-29(2)27-43-38/h7-8,13-27H,9-12H2,1-6H3. The van der Waals surface area contributed by atoms with Crippen LogP contribution >= 0.6 is 0 Å². The third-order valence-electron chi connectivity index (χ3n) is 9.33. The molecule has 0 spiro atoms. The van der Waals surface area contributed by atoms with Crippen LogP contribution in [-0.4, -0.2) is 28.3 Å². The maximum absolute atomic E-state index is 6.48. The molecular formula is C40H43BN2O2. The smallest absolute Gasteiger partial charge is 0.399 e. The molecule has 2 aromatic heterocycles. The largest absolute Gasteiger partial charge is 0.494 e. The molecule has 0 amide bonds. The van der Waals surface area contributed by atoms with E-state index in [9.17, 15) is 0 Å². The summed E-state index contributed by atoms with van der Waals surface area (Å²) in [5.41, 5.74) is 12.2. The zero-order chi connectivity index (χ0) is 31.6. The first-order chi connectivity index (χ1) is 21.5. The van der Waals surface area contributed by atoms with E-state index in [2.05, 4.69) is 143 Å². The van der Waals surface area contributed by atoms with Gasteiger partial charge in [-0.3, -0.25) is 9.97 Å². The predicted octanol–water partition coefficient (Wildman–Crippen LogP) is 8.30. The Labute approximate surface area is 269 Å². The topological polar surface area (TPSA) is 44.2 Å². The summed E-state index contributed by atoms with van der Waals surface area (Å²) in [5, 5.41) is 0. The second-order valence-electron chi connectivity index (χ2n) is 13.5. The zero-order valence-electron chi connectivity index (χ0n) is 27.4. The summed E-state index contributed by atoms with van der Waals surface area (Å²) in [7, 11) is -0.378. The summed E-state index contributed by atoms with van der Waals surface area (Å²) in [6.45, 7) is 12.6. The highest BCUT2D eigenvalue weighted by Crippen LogP contribution is 2.36. The van der Waals surface area contributed by atoms with Gasteiger partial charge in [0.05, 0.1) is 22.6 Å². The molecule has 228 valence electrons. The number of nitrogens with zero attached hydrogens (tertiary/aromatic N) is 2. The number of hydrogen-bond donors (Lipinski definition) is 0. The van der Waals surface area contributed by atoms with Gasteiger partial charge in [0.2, 0.25) is 0 Å². The number of hydrogen-bond acceptors (Lipinski definition) is 4. The minimum Gasteiger partial charge on any atom is -0.399 e. The van der Waals surface area contributed by atoms with Crippen LogP contribution in [0.4, 0.5) is 0 Å². The SMILES string of the molecule is Cc1ccc(-c2ccc(CCc3cc(CCc4ccc(-c5ccc(C)cn5)cc4)cc(B4OC(C)(C)C(C)(C)O4)c3)cc2)nc1. The Morgan fingerprint density at radius 2 is 0.911 bits per heavy atom. The van der Waals surface area contributed by atoms with Gasteiger partial charge in [-0.25, -0.2) is 0 Å². The molecule has 1 saturated heterocycles. The molecule has 0 bridgehead atoms. The first-order valence-corrected chi connectivity index (χ1v) is 16.1. The van der Waals surface area contributed by atoms with Crippen molar-refractivity contribution >= 4 is 12.6 Å². The van der Waals surface area contributed by atoms with Crippen LogP contribution in [0.2, 0.25) is 0 Å². The molecule has 1 aliphatic rings. The van der Waals surface area contributed by atoms with Crippen LogP contribution in [0, 0.1) is 13.8 Å². The average Bonchev–Trinajstić information content (AvgIpc) is 3.26. The van der Waals surface area contributed by atoms with Crippen LogP contribution in [0.3, 0.4) is 0 Å². The third-order valence-corrected chi connectivity index (χ3v) is 9.33. The quantitative estimate of drug-likeness (QED) is 0.161. The number of aromatic nitrogens is 2. The third kappa shape index (κ3) is 7.27. The number of rotatable bonds is 9. The van der Waals surface area contributed by atoms with Gasteiger partial charge in [-0.2, -0.15) is 0 Å². The molecule has 3 heterocycles. The Hall–Kier alpha value is -4.06. The number of pyridine rings is 2. The second-order valence-corrected chi connectivity index (χ2v) is 13.5. The highest BCUT2D eigenvalue weighted by Gasteiger charge is 2.51. The van der Waals surface area contributed by atoms with E-state index in [4.69, 9.17) is 9.31 Å². The van der Waals surface area contributed by atoms with Crippen LogP contribution in [0.15, 0.2) is 103 Å². The molecule has 0 saturated carbocycles. The lowest BCUT2D eigenvalue weighted by Gasteiger charge is -2.32. The molecule has 0 unspecified atom stereocenters. The summed E-state index contributed by atoms with van der Waals surface area (Å²) in [6, 6.07) is 32.9. The molecular weight excluding hydrogens is 551 g/mol. The fraction of sp³-hybridized carbons (Fsp3) is 0.300. The lowest BCUT2D eigenvalue weighted by Crippen LogP contribution is -2.41. The Morgan fingerprint density at radius 3 is 1.29 bits per heavy atom. The Kier molecular flexibility index (Phi) is 8.77. The van der Waals surface area contributed by atoms with E-state index in [-0.39, 0.29) is 18.3 Å². The van der Waals surface area contributed by atoms with Gasteiger partial charge in [0.25, 0.3) is 0 Å². The van der Waals surface area contributed by atoms with Gasteiger partial charge >= 0.3 is 7.12 Å². The second kappa shape index (κ2) is 12.7. The zero-order valence-corrected chi connectivity index (χ0v) is 27.4. The lowest BCUT2D eigenvalue weighted by molar-refractivity contribution is 0.00578. The van der Waals surface area contributed by atoms with Crippen LogP contribution in [0.25, 0.3) is 22.5 Å². The van der Waals surface area contributed by atoms with E-state index in [0.29, 0.717) is 0 Å². The summed E-state index contributed by atoms with van der Waals surface area (Å²) < 4.78 is 13.0. The molecule has 0 radical (unpaired) electrons. The monoisotopic (exact) mass is 594 g/mol. The first-order valence-electron chi connectivity index (χ1n) is 16.1. The van der Waals surface area contributed by atoms with Gasteiger partial charge in [-0.15, -0.1) is 0 Å². The van der Waals surface area contributed by atoms with Gasteiger partial charge in [0.15, 0.2) is 0 Å². The first kappa shape index (κ1) is 30.9. The average molecular weight is 595 g/mol. The van der Waals surface area contributed by atoms with Crippen LogP contribution in [-0.2, 0) is 35.0 Å². The van der Waals surface area contributed by atoms with E-state index in [1.54, 1.807) is 0 Å². The molecule has 0 N–H and O–H groups in total. The number of benzene rings is 3. The van der Waals surface area contributed by atoms with Gasteiger partial charge in [-0.05, 0) is 118 Å². The van der Waals surface area contributed by atoms with E-state index >= 15 is 0 Å². The fourth-order valence-electron chi connectivity index (χ4n) is 5.73. The van der Waals surface area contributed by atoms with Crippen molar-refractivity contribution in [3.63, 3.8) is 0 Å². The number of aryl methyl sites for hydroxylation is 6. The maximum Gasteiger partial charge on any atom is 0.494 e. The van der Waals surface area contributed by atoms with E-state index in [0.717, 1.165) is 53.7 Å². The summed E-state index contributed by atoms with van der Waals surface area (Å²) in [5.74, 6) is 0. The molecule has 5 heteroatoms. The van der Waals surface area contributed by atoms with Crippen molar-refractivity contribution < 1.29 is 9.31 Å². The fourth-order valence-corrected chi connectivity index (χ4v) is 5.73. The molecule has 3 aromatic carbocycles. The molecule has 0 atom stereocenters. The van der Waals surface area contributed by atoms with E-state index in [1.165, 1.54) is 33.4 Å². The van der Waals surface area contributed by atoms with Gasteiger partial charge in [0, 0.05) is 23.5 Å². The lowest BCUT2D eigenvalue weighted by atomic mass is 9.76. The Bertz CT molecular complexity index is 1620. The van der Waals surface area contributed by atoms with Crippen molar-refractivity contribution in [1.29, 1.82) is 0 Å². The van der Waals surface area contributed by atoms with Crippen molar-refractivity contribution in [1.82, 2.24) is 9.97 Å². The summed E-state index contributed by atoms with van der Waals surface area (Å²) in [6.07, 6.45) is 7.66. The Morgan fingerprint density at radius 1 is 0.511 bits per heavy atom. The Balaban J connectivity index is 1.18. The maximum atomic E-state index is 6.48. The molecule has 1 fully saturated rings. The van der Waals surface area contributed by atoms with Gasteiger partial charge < -0.3 is 9.31 Å². The molecule has 5 aromatic rings. The normalized spacial score (nSPS) is 15.4. The van der Waals surface area contributed by atoms with Crippen molar-refractivity contribution in [3.8, 4) is 22.5 Å². The minimum atomic E-state index is -0.379. The molecule has 6 rings (SSSR count). The predicted molar refractivity (Wildman–Crippen MR) is 186 cm³/mol. The minimum absolute atomic E-state index is 0.378. The van der Waals surface area contributed by atoms with Crippen molar-refractivity contribution in [3.05, 3.63) is 137 Å². The van der Waals surface area contributed by atoms with Crippen LogP contribution in [0.5, 0.6) is 0 Å². The highest BCUT2D eigenvalue weighted by molar-refractivity contribution is 6.62. The molecule has 1 aliphatic heterocycles. The van der Waals surface area contributed by atoms with Crippen molar-refractivity contribution in [2.24, 2.45) is 0 Å².